The fourth-order valence-electron chi connectivity index (χ4n) is 1.41. The maximum atomic E-state index is 10.4. The fraction of sp³-hybridized carbons (Fsp3) is 0.143. The van der Waals surface area contributed by atoms with Gasteiger partial charge in [0, 0.05) is 0 Å². The first kappa shape index (κ1) is 22.1. The monoisotopic (exact) mass is 462 g/mol. The van der Waals surface area contributed by atoms with Crippen molar-refractivity contribution >= 4 is 44.1 Å². The Morgan fingerprint density at radius 3 is 1.00 bits per heavy atom. The second kappa shape index (κ2) is 8.78. The molecule has 0 amide bonds. The molecule has 2 aromatic carbocycles. The van der Waals surface area contributed by atoms with Gasteiger partial charge in [-0.15, -0.1) is 0 Å². The molecule has 6 nitrogen and oxygen atoms in total. The zero-order valence-corrected chi connectivity index (χ0v) is 16.9. The van der Waals surface area contributed by atoms with Crippen molar-refractivity contribution in [1.82, 2.24) is 0 Å². The zero-order chi connectivity index (χ0) is 17.0. The van der Waals surface area contributed by atoms with Gasteiger partial charge in [0.15, 0.2) is 0 Å². The maximum Gasteiger partial charge on any atom is 2.00 e. The summed E-state index contributed by atoms with van der Waals surface area (Å²) in [7, 11) is -8.54. The maximum absolute atomic E-state index is 10.4. The second-order valence-electron chi connectivity index (χ2n) is 4.53. The van der Waals surface area contributed by atoms with Crippen LogP contribution in [0.4, 0.5) is 0 Å². The van der Waals surface area contributed by atoms with E-state index in [2.05, 4.69) is 0 Å². The van der Waals surface area contributed by atoms with Crippen LogP contribution in [-0.2, 0) is 20.2 Å². The van der Waals surface area contributed by atoms with Gasteiger partial charge in [0.2, 0.25) is 0 Å². The number of aryl methyl sites for hydroxylation is 2. The van der Waals surface area contributed by atoms with Gasteiger partial charge < -0.3 is 9.11 Å². The molecule has 2 aromatic rings. The van der Waals surface area contributed by atoms with Gasteiger partial charge in [0.05, 0.1) is 9.79 Å². The van der Waals surface area contributed by atoms with Crippen LogP contribution in [0.1, 0.15) is 11.1 Å². The van der Waals surface area contributed by atoms with Crippen LogP contribution < -0.4 is 0 Å². The summed E-state index contributed by atoms with van der Waals surface area (Å²) in [6.07, 6.45) is 0. The molecule has 122 valence electrons. The summed E-state index contributed by atoms with van der Waals surface area (Å²) < 4.78 is 62.3. The first-order chi connectivity index (χ1) is 10.00. The van der Waals surface area contributed by atoms with E-state index < -0.39 is 20.2 Å². The summed E-state index contributed by atoms with van der Waals surface area (Å²) in [5.41, 5.74) is 1.86. The van der Waals surface area contributed by atoms with E-state index >= 15 is 0 Å². The molecule has 0 aromatic heterocycles. The van der Waals surface area contributed by atoms with Crippen molar-refractivity contribution in [2.75, 3.05) is 0 Å². The van der Waals surface area contributed by atoms with Crippen LogP contribution in [0.25, 0.3) is 0 Å². The molecule has 0 aliphatic carbocycles. The first-order valence-electron chi connectivity index (χ1n) is 6.05. The SMILES string of the molecule is Cc1ccc(S(=O)(=O)[O-])cc1.Cc1ccc(S(=O)(=O)[O-])cc1.[Sn+2]. The molecule has 0 aliphatic heterocycles. The molecule has 0 saturated carbocycles. The zero-order valence-electron chi connectivity index (χ0n) is 12.4. The number of benzene rings is 2. The Balaban J connectivity index is 0.000000403. The second-order valence-corrected chi connectivity index (χ2v) is 7.29. The van der Waals surface area contributed by atoms with E-state index in [1.54, 1.807) is 24.3 Å². The van der Waals surface area contributed by atoms with Crippen LogP contribution >= 0.6 is 0 Å². The van der Waals surface area contributed by atoms with Gasteiger partial charge >= 0.3 is 23.9 Å². The first-order valence-corrected chi connectivity index (χ1v) is 8.87. The Bertz CT molecular complexity index is 752. The summed E-state index contributed by atoms with van der Waals surface area (Å²) in [5, 5.41) is 0. The van der Waals surface area contributed by atoms with Crippen molar-refractivity contribution in [2.24, 2.45) is 0 Å². The molecule has 0 aliphatic rings. The quantitative estimate of drug-likeness (QED) is 0.494. The van der Waals surface area contributed by atoms with Crippen molar-refractivity contribution in [3.8, 4) is 0 Å². The topological polar surface area (TPSA) is 114 Å². The van der Waals surface area contributed by atoms with Gasteiger partial charge in [0.1, 0.15) is 20.2 Å². The van der Waals surface area contributed by atoms with Gasteiger partial charge in [-0.25, -0.2) is 16.8 Å². The molecule has 0 unspecified atom stereocenters. The standard InChI is InChI=1S/2C7H8O3S.Sn/c2*1-6-2-4-7(5-3-6)11(8,9)10;/h2*2-5H,1H3,(H,8,9,10);/q;;+2/p-2. The number of hydrogen-bond acceptors (Lipinski definition) is 6. The third kappa shape index (κ3) is 7.93. The van der Waals surface area contributed by atoms with Crippen LogP contribution in [0.2, 0.25) is 0 Å². The third-order valence-corrected chi connectivity index (χ3v) is 4.32. The molecule has 2 radical (unpaired) electrons. The van der Waals surface area contributed by atoms with Crippen LogP contribution in [-0.4, -0.2) is 49.8 Å². The summed E-state index contributed by atoms with van der Waals surface area (Å²) in [5.74, 6) is 0. The molecule has 0 spiro atoms. The van der Waals surface area contributed by atoms with E-state index in [0.29, 0.717) is 0 Å². The van der Waals surface area contributed by atoms with Crippen LogP contribution in [0, 0.1) is 13.8 Å². The average molecular weight is 461 g/mol. The molecule has 0 bridgehead atoms. The summed E-state index contributed by atoms with van der Waals surface area (Å²) in [4.78, 5) is -0.355. The molecule has 2 rings (SSSR count). The van der Waals surface area contributed by atoms with Crippen molar-refractivity contribution < 1.29 is 25.9 Å². The minimum atomic E-state index is -4.27. The molecule has 0 saturated heterocycles. The van der Waals surface area contributed by atoms with Gasteiger partial charge in [0.25, 0.3) is 0 Å². The minimum absolute atomic E-state index is 0. The predicted molar refractivity (Wildman–Crippen MR) is 84.0 cm³/mol. The summed E-state index contributed by atoms with van der Waals surface area (Å²) >= 11 is 0. The molecule has 0 atom stereocenters. The van der Waals surface area contributed by atoms with E-state index in [-0.39, 0.29) is 33.7 Å². The summed E-state index contributed by atoms with van der Waals surface area (Å²) in [6, 6.07) is 11.6. The summed E-state index contributed by atoms with van der Waals surface area (Å²) in [6.45, 7) is 3.64. The van der Waals surface area contributed by atoms with Gasteiger partial charge in [-0.2, -0.15) is 0 Å². The largest absolute Gasteiger partial charge is 2.00 e. The number of rotatable bonds is 2. The van der Waals surface area contributed by atoms with E-state index in [9.17, 15) is 25.9 Å². The Morgan fingerprint density at radius 1 is 0.609 bits per heavy atom. The number of hydrogen-bond donors (Lipinski definition) is 0. The van der Waals surface area contributed by atoms with Gasteiger partial charge in [-0.1, -0.05) is 35.4 Å². The normalized spacial score (nSPS) is 11.0. The molecule has 23 heavy (non-hydrogen) atoms. The van der Waals surface area contributed by atoms with Gasteiger partial charge in [-0.05, 0) is 38.1 Å². The molecule has 9 heteroatoms. The molecular formula is C14H14O6S2Sn. The van der Waals surface area contributed by atoms with E-state index in [0.717, 1.165) is 11.1 Å². The molecule has 0 fully saturated rings. The van der Waals surface area contributed by atoms with Crippen LogP contribution in [0.5, 0.6) is 0 Å². The average Bonchev–Trinajstić information content (AvgIpc) is 2.38. The van der Waals surface area contributed by atoms with E-state index in [1.165, 1.54) is 24.3 Å². The van der Waals surface area contributed by atoms with E-state index in [4.69, 9.17) is 0 Å². The predicted octanol–water partition coefficient (Wildman–Crippen LogP) is 1.42. The van der Waals surface area contributed by atoms with E-state index in [1.807, 2.05) is 13.8 Å². The van der Waals surface area contributed by atoms with Crippen molar-refractivity contribution in [1.29, 1.82) is 0 Å². The molecular weight excluding hydrogens is 447 g/mol. The fourth-order valence-corrected chi connectivity index (χ4v) is 2.35. The van der Waals surface area contributed by atoms with Gasteiger partial charge in [-0.3, -0.25) is 0 Å². The minimum Gasteiger partial charge on any atom is -0.744 e. The smallest absolute Gasteiger partial charge is 0.744 e. The van der Waals surface area contributed by atoms with Crippen molar-refractivity contribution in [2.45, 2.75) is 23.6 Å². The molecule has 0 N–H and O–H groups in total. The third-order valence-electron chi connectivity index (χ3n) is 2.62. The Hall–Kier alpha value is -0.941. The molecule has 0 heterocycles. The van der Waals surface area contributed by atoms with Crippen molar-refractivity contribution in [3.05, 3.63) is 59.7 Å². The Labute approximate surface area is 153 Å². The Morgan fingerprint density at radius 2 is 0.826 bits per heavy atom. The Kier molecular flexibility index (Phi) is 8.42. The van der Waals surface area contributed by atoms with Crippen molar-refractivity contribution in [3.63, 3.8) is 0 Å². The van der Waals surface area contributed by atoms with Crippen LogP contribution in [0.15, 0.2) is 58.3 Å². The van der Waals surface area contributed by atoms with Crippen LogP contribution in [0.3, 0.4) is 0 Å².